The molecule has 0 unspecified atom stereocenters. The van der Waals surface area contributed by atoms with E-state index in [1.54, 1.807) is 0 Å². The Morgan fingerprint density at radius 2 is 0.933 bits per heavy atom. The maximum Gasteiger partial charge on any atom is 0.303 e. The third kappa shape index (κ3) is 22.9. The van der Waals surface area contributed by atoms with Gasteiger partial charge in [-0.2, -0.15) is 0 Å². The van der Waals surface area contributed by atoms with Crippen LogP contribution in [0.5, 0.6) is 0 Å². The lowest BCUT2D eigenvalue weighted by Gasteiger charge is -2.15. The number of hydrogen-bond donors (Lipinski definition) is 1. The lowest BCUT2D eigenvalue weighted by atomic mass is 10.1. The molecule has 0 saturated carbocycles. The number of hydrogen-bond acceptors (Lipinski definition) is 11. The second-order valence-electron chi connectivity index (χ2n) is 5.91. The minimum absolute atomic E-state index is 0.0606. The summed E-state index contributed by atoms with van der Waals surface area (Å²) in [7, 11) is 0. The smallest absolute Gasteiger partial charge is 0.303 e. The van der Waals surface area contributed by atoms with Gasteiger partial charge in [0, 0.05) is 40.5 Å². The summed E-state index contributed by atoms with van der Waals surface area (Å²) in [6.45, 7) is 5.77. The monoisotopic (exact) mass is 436 g/mol. The fourth-order valence-electron chi connectivity index (χ4n) is 1.65. The van der Waals surface area contributed by atoms with Gasteiger partial charge in [0.25, 0.3) is 0 Å². The van der Waals surface area contributed by atoms with E-state index in [9.17, 15) is 28.8 Å². The Morgan fingerprint density at radius 3 is 1.20 bits per heavy atom. The summed E-state index contributed by atoms with van der Waals surface area (Å²) in [4.78, 5) is 63.1. The zero-order valence-electron chi connectivity index (χ0n) is 17.6. The predicted molar refractivity (Wildman–Crippen MR) is 97.8 cm³/mol. The molecular formula is C18H28O12. The quantitative estimate of drug-likeness (QED) is 0.346. The van der Waals surface area contributed by atoms with E-state index in [2.05, 4.69) is 18.9 Å². The molecule has 0 aromatic heterocycles. The molecule has 12 heteroatoms. The molecule has 0 heterocycles. The number of carbonyl (C=O) groups excluding carboxylic acids is 5. The molecule has 30 heavy (non-hydrogen) atoms. The van der Waals surface area contributed by atoms with Gasteiger partial charge in [0.2, 0.25) is 0 Å². The van der Waals surface area contributed by atoms with Crippen molar-refractivity contribution in [2.24, 2.45) is 5.92 Å². The second-order valence-corrected chi connectivity index (χ2v) is 5.91. The van der Waals surface area contributed by atoms with E-state index in [1.807, 2.05) is 0 Å². The highest BCUT2D eigenvalue weighted by Gasteiger charge is 2.17. The van der Waals surface area contributed by atoms with Crippen LogP contribution in [0.3, 0.4) is 0 Å². The fourth-order valence-corrected chi connectivity index (χ4v) is 1.65. The summed E-state index contributed by atoms with van der Waals surface area (Å²) in [6, 6.07) is 0. The third-order valence-corrected chi connectivity index (χ3v) is 2.79. The van der Waals surface area contributed by atoms with Gasteiger partial charge in [-0.3, -0.25) is 28.8 Å². The molecular weight excluding hydrogens is 408 g/mol. The molecule has 0 radical (unpaired) electrons. The molecule has 0 bridgehead atoms. The summed E-state index contributed by atoms with van der Waals surface area (Å²) in [5.74, 6) is -4.03. The largest absolute Gasteiger partial charge is 0.481 e. The molecule has 12 nitrogen and oxygen atoms in total. The summed E-state index contributed by atoms with van der Waals surface area (Å²) in [5, 5.41) is 8.53. The highest BCUT2D eigenvalue weighted by molar-refractivity contribution is 5.69. The van der Waals surface area contributed by atoms with Gasteiger partial charge in [0.05, 0.1) is 19.6 Å². The summed E-state index contributed by atoms with van der Waals surface area (Å²) >= 11 is 0. The van der Waals surface area contributed by atoms with E-state index < -0.39 is 47.8 Å². The van der Waals surface area contributed by atoms with Crippen molar-refractivity contribution in [3.05, 3.63) is 0 Å². The Bertz CT molecular complexity index is 510. The Labute approximate surface area is 173 Å². The zero-order valence-corrected chi connectivity index (χ0v) is 17.6. The molecule has 0 rings (SSSR count). The Kier molecular flexibility index (Phi) is 16.2. The van der Waals surface area contributed by atoms with Gasteiger partial charge >= 0.3 is 35.8 Å². The number of aliphatic carboxylic acids is 1. The first-order chi connectivity index (χ1) is 13.8. The zero-order chi connectivity index (χ0) is 23.7. The van der Waals surface area contributed by atoms with Crippen LogP contribution in [0.15, 0.2) is 0 Å². The van der Waals surface area contributed by atoms with E-state index in [4.69, 9.17) is 9.84 Å². The lowest BCUT2D eigenvalue weighted by molar-refractivity contribution is -0.163. The molecule has 0 amide bonds. The van der Waals surface area contributed by atoms with E-state index in [1.165, 1.54) is 34.6 Å². The van der Waals surface area contributed by atoms with Crippen molar-refractivity contribution < 1.29 is 57.6 Å². The number of carbonyl (C=O) groups is 6. The SMILES string of the molecule is CC(=O)OCC(COC(C)=O)CC(=O)O.CC(=O)OCC(COC(C)=O)OC(C)=O. The maximum absolute atomic E-state index is 10.6. The molecule has 0 aromatic rings. The van der Waals surface area contributed by atoms with Crippen molar-refractivity contribution in [2.45, 2.75) is 47.1 Å². The van der Waals surface area contributed by atoms with Gasteiger partial charge in [-0.25, -0.2) is 0 Å². The summed E-state index contributed by atoms with van der Waals surface area (Å²) in [5.41, 5.74) is 0. The minimum atomic E-state index is -1.03. The first-order valence-electron chi connectivity index (χ1n) is 8.75. The van der Waals surface area contributed by atoms with Crippen molar-refractivity contribution in [3.63, 3.8) is 0 Å². The molecule has 0 spiro atoms. The summed E-state index contributed by atoms with van der Waals surface area (Å²) < 4.78 is 23.3. The highest BCUT2D eigenvalue weighted by atomic mass is 16.6. The van der Waals surface area contributed by atoms with E-state index in [0.29, 0.717) is 0 Å². The second kappa shape index (κ2) is 16.7. The lowest BCUT2D eigenvalue weighted by Crippen LogP contribution is -2.29. The first-order valence-corrected chi connectivity index (χ1v) is 8.75. The average Bonchev–Trinajstić information content (AvgIpc) is 2.59. The van der Waals surface area contributed by atoms with Gasteiger partial charge in [-0.1, -0.05) is 0 Å². The van der Waals surface area contributed by atoms with E-state index in [-0.39, 0.29) is 32.8 Å². The van der Waals surface area contributed by atoms with Gasteiger partial charge < -0.3 is 28.8 Å². The predicted octanol–water partition coefficient (Wildman–Crippen LogP) is 0.248. The number of esters is 5. The molecule has 0 fully saturated rings. The number of carboxylic acids is 1. The van der Waals surface area contributed by atoms with Crippen LogP contribution in [-0.4, -0.2) is 73.5 Å². The molecule has 0 aliphatic heterocycles. The van der Waals surface area contributed by atoms with Gasteiger partial charge in [-0.05, 0) is 0 Å². The summed E-state index contributed by atoms with van der Waals surface area (Å²) in [6.07, 6.45) is -0.962. The number of rotatable bonds is 11. The van der Waals surface area contributed by atoms with E-state index >= 15 is 0 Å². The van der Waals surface area contributed by atoms with Crippen molar-refractivity contribution in [2.75, 3.05) is 26.4 Å². The molecule has 172 valence electrons. The van der Waals surface area contributed by atoms with Crippen molar-refractivity contribution in [1.29, 1.82) is 0 Å². The van der Waals surface area contributed by atoms with Crippen LogP contribution < -0.4 is 0 Å². The van der Waals surface area contributed by atoms with Crippen LogP contribution in [0.1, 0.15) is 41.0 Å². The molecule has 0 aromatic carbocycles. The Balaban J connectivity index is 0. The molecule has 0 aliphatic carbocycles. The van der Waals surface area contributed by atoms with Gasteiger partial charge in [0.15, 0.2) is 6.10 Å². The molecule has 0 saturated heterocycles. The highest BCUT2D eigenvalue weighted by Crippen LogP contribution is 2.05. The first kappa shape index (κ1) is 29.0. The van der Waals surface area contributed by atoms with Crippen LogP contribution in [0.2, 0.25) is 0 Å². The van der Waals surface area contributed by atoms with Crippen LogP contribution in [0.25, 0.3) is 0 Å². The Morgan fingerprint density at radius 1 is 0.600 bits per heavy atom. The Hall–Kier alpha value is -3.18. The van der Waals surface area contributed by atoms with Crippen LogP contribution in [0.4, 0.5) is 0 Å². The third-order valence-electron chi connectivity index (χ3n) is 2.79. The van der Waals surface area contributed by atoms with Gasteiger partial charge in [0.1, 0.15) is 13.2 Å². The van der Waals surface area contributed by atoms with Crippen LogP contribution in [0, 0.1) is 5.92 Å². The van der Waals surface area contributed by atoms with Crippen molar-refractivity contribution >= 4 is 35.8 Å². The minimum Gasteiger partial charge on any atom is -0.481 e. The number of carboxylic acid groups (broad SMARTS) is 1. The van der Waals surface area contributed by atoms with Gasteiger partial charge in [-0.15, -0.1) is 0 Å². The normalized spacial score (nSPS) is 9.70. The average molecular weight is 436 g/mol. The van der Waals surface area contributed by atoms with Crippen LogP contribution >= 0.6 is 0 Å². The van der Waals surface area contributed by atoms with Crippen LogP contribution in [-0.2, 0) is 52.5 Å². The maximum atomic E-state index is 10.6. The molecule has 0 atom stereocenters. The van der Waals surface area contributed by atoms with Crippen molar-refractivity contribution in [1.82, 2.24) is 0 Å². The fraction of sp³-hybridized carbons (Fsp3) is 0.667. The standard InChI is InChI=1S/2C9H14O6/c1-6(10)13-4-9(15-8(3)12)5-14-7(2)11;1-6(10)14-4-8(3-9(12)13)5-15-7(2)11/h9H,4-5H2,1-3H3;8H,3-5H2,1-2H3,(H,12,13). The van der Waals surface area contributed by atoms with Crippen molar-refractivity contribution in [3.8, 4) is 0 Å². The topological polar surface area (TPSA) is 169 Å². The van der Waals surface area contributed by atoms with E-state index in [0.717, 1.165) is 0 Å². The number of ether oxygens (including phenoxy) is 5. The molecule has 0 aliphatic rings. The molecule has 1 N–H and O–H groups in total.